The van der Waals surface area contributed by atoms with E-state index < -0.39 is 0 Å². The fourth-order valence-corrected chi connectivity index (χ4v) is 2.22. The maximum atomic E-state index is 9.40. The maximum Gasteiger partial charge on any atom is 0.118 e. The first kappa shape index (κ1) is 17.5. The molecule has 116 valence electrons. The second kappa shape index (κ2) is 9.37. The number of hydrogen-bond donors (Lipinski definition) is 1. The van der Waals surface area contributed by atoms with Gasteiger partial charge in [-0.25, -0.2) is 0 Å². The third-order valence-electron chi connectivity index (χ3n) is 3.52. The van der Waals surface area contributed by atoms with Gasteiger partial charge >= 0.3 is 0 Å². The molecule has 3 unspecified atom stereocenters. The van der Waals surface area contributed by atoms with E-state index in [1.54, 1.807) is 13.2 Å². The molecule has 1 rings (SSSR count). The molecule has 21 heavy (non-hydrogen) atoms. The van der Waals surface area contributed by atoms with E-state index in [-0.39, 0.29) is 24.5 Å². The molecule has 3 heteroatoms. The van der Waals surface area contributed by atoms with E-state index in [4.69, 9.17) is 9.47 Å². The van der Waals surface area contributed by atoms with Crippen molar-refractivity contribution in [1.82, 2.24) is 0 Å². The highest BCUT2D eigenvalue weighted by atomic mass is 16.5. The highest BCUT2D eigenvalue weighted by Crippen LogP contribution is 2.21. The van der Waals surface area contributed by atoms with Crippen LogP contribution in [0.3, 0.4) is 0 Å². The number of benzene rings is 1. The SMILES string of the molecule is C=CC=CC(C)C(OCc1ccc(OC)cc1)C(C)CO. The normalized spacial score (nSPS) is 15.6. The van der Waals surface area contributed by atoms with Crippen LogP contribution in [0.4, 0.5) is 0 Å². The topological polar surface area (TPSA) is 38.7 Å². The molecule has 0 spiro atoms. The van der Waals surface area contributed by atoms with Gasteiger partial charge in [-0.05, 0) is 17.7 Å². The van der Waals surface area contributed by atoms with Gasteiger partial charge in [0.2, 0.25) is 0 Å². The van der Waals surface area contributed by atoms with Crippen molar-refractivity contribution >= 4 is 0 Å². The third-order valence-corrected chi connectivity index (χ3v) is 3.52. The molecule has 3 atom stereocenters. The number of rotatable bonds is 9. The second-order valence-corrected chi connectivity index (χ2v) is 5.26. The number of ether oxygens (including phenoxy) is 2. The van der Waals surface area contributed by atoms with Crippen LogP contribution >= 0.6 is 0 Å². The van der Waals surface area contributed by atoms with Crippen molar-refractivity contribution in [3.05, 3.63) is 54.6 Å². The van der Waals surface area contributed by atoms with Crippen LogP contribution in [0.2, 0.25) is 0 Å². The molecule has 1 aromatic rings. The minimum Gasteiger partial charge on any atom is -0.497 e. The Bertz CT molecular complexity index is 436. The Labute approximate surface area is 127 Å². The Morgan fingerprint density at radius 3 is 2.43 bits per heavy atom. The summed E-state index contributed by atoms with van der Waals surface area (Å²) in [4.78, 5) is 0. The lowest BCUT2D eigenvalue weighted by Crippen LogP contribution is -2.30. The molecule has 0 fully saturated rings. The molecule has 0 radical (unpaired) electrons. The smallest absolute Gasteiger partial charge is 0.118 e. The highest BCUT2D eigenvalue weighted by Gasteiger charge is 2.22. The molecule has 3 nitrogen and oxygen atoms in total. The van der Waals surface area contributed by atoms with Crippen LogP contribution in [0.1, 0.15) is 19.4 Å². The van der Waals surface area contributed by atoms with Gasteiger partial charge in [0.15, 0.2) is 0 Å². The summed E-state index contributed by atoms with van der Waals surface area (Å²) in [5, 5.41) is 9.40. The van der Waals surface area contributed by atoms with Crippen LogP contribution in [0.15, 0.2) is 49.1 Å². The molecule has 0 aromatic heterocycles. The fraction of sp³-hybridized carbons (Fsp3) is 0.444. The van der Waals surface area contributed by atoms with Gasteiger partial charge in [-0.15, -0.1) is 0 Å². The summed E-state index contributed by atoms with van der Waals surface area (Å²) in [6.07, 6.45) is 5.69. The Balaban J connectivity index is 2.67. The molecule has 0 saturated heterocycles. The quantitative estimate of drug-likeness (QED) is 0.706. The molecule has 1 N–H and O–H groups in total. The van der Waals surface area contributed by atoms with Crippen molar-refractivity contribution < 1.29 is 14.6 Å². The molecular weight excluding hydrogens is 264 g/mol. The van der Waals surface area contributed by atoms with Crippen molar-refractivity contribution in [1.29, 1.82) is 0 Å². The van der Waals surface area contributed by atoms with Crippen LogP contribution in [-0.4, -0.2) is 24.9 Å². The van der Waals surface area contributed by atoms with E-state index in [0.717, 1.165) is 11.3 Å². The van der Waals surface area contributed by atoms with Crippen molar-refractivity contribution in [3.63, 3.8) is 0 Å². The number of aliphatic hydroxyl groups excluding tert-OH is 1. The van der Waals surface area contributed by atoms with Crippen molar-refractivity contribution in [3.8, 4) is 5.75 Å². The van der Waals surface area contributed by atoms with Gasteiger partial charge in [0.1, 0.15) is 5.75 Å². The average molecular weight is 290 g/mol. The standard InChI is InChI=1S/C18H26O3/c1-5-6-7-14(2)18(15(3)12-19)21-13-16-8-10-17(20-4)11-9-16/h5-11,14-15,18-19H,1,12-13H2,2-4H3. The first-order chi connectivity index (χ1) is 10.1. The fourth-order valence-electron chi connectivity index (χ4n) is 2.22. The number of hydrogen-bond acceptors (Lipinski definition) is 3. The molecule has 0 aliphatic heterocycles. The second-order valence-electron chi connectivity index (χ2n) is 5.26. The van der Waals surface area contributed by atoms with Gasteiger partial charge in [0, 0.05) is 18.4 Å². The predicted octanol–water partition coefficient (Wildman–Crippen LogP) is 3.59. The largest absolute Gasteiger partial charge is 0.497 e. The molecule has 0 amide bonds. The summed E-state index contributed by atoms with van der Waals surface area (Å²) in [5.41, 5.74) is 1.09. The van der Waals surface area contributed by atoms with Gasteiger partial charge in [0.05, 0.1) is 19.8 Å². The van der Waals surface area contributed by atoms with Gasteiger partial charge in [-0.3, -0.25) is 0 Å². The van der Waals surface area contributed by atoms with Crippen molar-refractivity contribution in [2.24, 2.45) is 11.8 Å². The lowest BCUT2D eigenvalue weighted by atomic mass is 9.93. The van der Waals surface area contributed by atoms with Crippen LogP contribution in [0.5, 0.6) is 5.75 Å². The number of aliphatic hydroxyl groups is 1. The van der Waals surface area contributed by atoms with Crippen LogP contribution < -0.4 is 4.74 Å². The van der Waals surface area contributed by atoms with E-state index in [2.05, 4.69) is 19.6 Å². The number of methoxy groups -OCH3 is 1. The summed E-state index contributed by atoms with van der Waals surface area (Å²) in [7, 11) is 1.65. The molecule has 0 saturated carbocycles. The minimum absolute atomic E-state index is 0.0340. The van der Waals surface area contributed by atoms with E-state index >= 15 is 0 Å². The monoisotopic (exact) mass is 290 g/mol. The summed E-state index contributed by atoms with van der Waals surface area (Å²) >= 11 is 0. The van der Waals surface area contributed by atoms with Gasteiger partial charge < -0.3 is 14.6 Å². The summed E-state index contributed by atoms with van der Waals surface area (Å²) in [5.74, 6) is 1.12. The summed E-state index contributed by atoms with van der Waals surface area (Å²) in [6, 6.07) is 7.82. The van der Waals surface area contributed by atoms with Crippen LogP contribution in [-0.2, 0) is 11.3 Å². The zero-order valence-electron chi connectivity index (χ0n) is 13.2. The molecule has 0 heterocycles. The van der Waals surface area contributed by atoms with E-state index in [0.29, 0.717) is 6.61 Å². The van der Waals surface area contributed by atoms with E-state index in [9.17, 15) is 5.11 Å². The van der Waals surface area contributed by atoms with Crippen molar-refractivity contribution in [2.45, 2.75) is 26.6 Å². The first-order valence-electron chi connectivity index (χ1n) is 7.27. The Morgan fingerprint density at radius 1 is 1.24 bits per heavy atom. The Kier molecular flexibility index (Phi) is 7.80. The van der Waals surface area contributed by atoms with Gasteiger partial charge in [0.25, 0.3) is 0 Å². The molecule has 1 aromatic carbocycles. The van der Waals surface area contributed by atoms with Crippen molar-refractivity contribution in [2.75, 3.05) is 13.7 Å². The zero-order valence-corrected chi connectivity index (χ0v) is 13.2. The van der Waals surface area contributed by atoms with E-state index in [1.165, 1.54) is 0 Å². The summed E-state index contributed by atoms with van der Waals surface area (Å²) < 4.78 is 11.2. The molecule has 0 aliphatic rings. The predicted molar refractivity (Wildman–Crippen MR) is 86.3 cm³/mol. The zero-order chi connectivity index (χ0) is 15.7. The molecular formula is C18H26O3. The summed E-state index contributed by atoms with van der Waals surface area (Å²) in [6.45, 7) is 8.39. The molecule has 0 aliphatic carbocycles. The van der Waals surface area contributed by atoms with E-state index in [1.807, 2.05) is 37.3 Å². The number of allylic oxidation sites excluding steroid dienone is 2. The maximum absolute atomic E-state index is 9.40. The third kappa shape index (κ3) is 5.74. The molecule has 0 bridgehead atoms. The average Bonchev–Trinajstić information content (AvgIpc) is 2.53. The first-order valence-corrected chi connectivity index (χ1v) is 7.27. The van der Waals surface area contributed by atoms with Crippen LogP contribution in [0, 0.1) is 11.8 Å². The Hall–Kier alpha value is -1.58. The lowest BCUT2D eigenvalue weighted by molar-refractivity contribution is -0.0308. The van der Waals surface area contributed by atoms with Gasteiger partial charge in [-0.2, -0.15) is 0 Å². The highest BCUT2D eigenvalue weighted by molar-refractivity contribution is 5.26. The Morgan fingerprint density at radius 2 is 1.90 bits per heavy atom. The van der Waals surface area contributed by atoms with Gasteiger partial charge in [-0.1, -0.05) is 50.8 Å². The minimum atomic E-state index is -0.0340. The lowest BCUT2D eigenvalue weighted by Gasteiger charge is -2.27. The van der Waals surface area contributed by atoms with Crippen LogP contribution in [0.25, 0.3) is 0 Å².